The van der Waals surface area contributed by atoms with Crippen LogP contribution in [0, 0.1) is 6.92 Å². The molecule has 1 fully saturated rings. The molecule has 1 aliphatic heterocycles. The second kappa shape index (κ2) is 8.14. The standard InChI is InChI=1S/C13H11ClN2O2S.C6H13NO/c1-7-3-9-8-4-10(14)12(19(2,17)18)5-11(8)16-13(9)15-6-7;8-6-3-1-2-4-7-5-6/h3-6H,1-2H3,(H,15,16);6-8H,1-5H2. The molecule has 1 unspecified atom stereocenters. The van der Waals surface area contributed by atoms with Crippen LogP contribution in [0.2, 0.25) is 5.02 Å². The van der Waals surface area contributed by atoms with Crippen molar-refractivity contribution in [3.05, 3.63) is 35.0 Å². The molecule has 0 amide bonds. The summed E-state index contributed by atoms with van der Waals surface area (Å²) in [4.78, 5) is 7.53. The van der Waals surface area contributed by atoms with Gasteiger partial charge < -0.3 is 15.4 Å². The van der Waals surface area contributed by atoms with Gasteiger partial charge >= 0.3 is 0 Å². The number of aromatic nitrogens is 2. The van der Waals surface area contributed by atoms with Gasteiger partial charge in [-0.15, -0.1) is 0 Å². The fraction of sp³-hybridized carbons (Fsp3) is 0.421. The molecule has 4 rings (SSSR count). The molecule has 6 nitrogen and oxygen atoms in total. The fourth-order valence-electron chi connectivity index (χ4n) is 3.17. The Hall–Kier alpha value is -1.67. The fourth-order valence-corrected chi connectivity index (χ4v) is 4.50. The zero-order valence-electron chi connectivity index (χ0n) is 15.4. The number of aromatic amines is 1. The molecular formula is C19H24ClN3O3S. The van der Waals surface area contributed by atoms with Crippen LogP contribution in [0.15, 0.2) is 29.3 Å². The first-order valence-electron chi connectivity index (χ1n) is 8.92. The summed E-state index contributed by atoms with van der Waals surface area (Å²) in [6.45, 7) is 3.83. The number of hydrogen-bond acceptors (Lipinski definition) is 5. The summed E-state index contributed by atoms with van der Waals surface area (Å²) in [6, 6.07) is 5.23. The molecule has 3 heterocycles. The van der Waals surface area contributed by atoms with Crippen molar-refractivity contribution in [1.82, 2.24) is 15.3 Å². The van der Waals surface area contributed by atoms with Crippen molar-refractivity contribution in [1.29, 1.82) is 0 Å². The lowest BCUT2D eigenvalue weighted by molar-refractivity contribution is 0.168. The van der Waals surface area contributed by atoms with E-state index in [2.05, 4.69) is 15.3 Å². The number of sulfone groups is 1. The third kappa shape index (κ3) is 4.79. The quantitative estimate of drug-likeness (QED) is 0.573. The van der Waals surface area contributed by atoms with Gasteiger partial charge in [0.25, 0.3) is 0 Å². The van der Waals surface area contributed by atoms with E-state index in [1.165, 1.54) is 12.8 Å². The van der Waals surface area contributed by atoms with E-state index in [0.29, 0.717) is 0 Å². The van der Waals surface area contributed by atoms with Gasteiger partial charge in [0.2, 0.25) is 0 Å². The number of fused-ring (bicyclic) bond motifs is 3. The predicted molar refractivity (Wildman–Crippen MR) is 109 cm³/mol. The third-order valence-electron chi connectivity index (χ3n) is 4.56. The van der Waals surface area contributed by atoms with Crippen LogP contribution in [0.1, 0.15) is 24.8 Å². The van der Waals surface area contributed by atoms with E-state index in [4.69, 9.17) is 16.7 Å². The summed E-state index contributed by atoms with van der Waals surface area (Å²) in [7, 11) is -3.34. The van der Waals surface area contributed by atoms with Crippen molar-refractivity contribution < 1.29 is 13.5 Å². The highest BCUT2D eigenvalue weighted by molar-refractivity contribution is 7.90. The molecule has 1 atom stereocenters. The van der Waals surface area contributed by atoms with E-state index in [1.807, 2.05) is 13.0 Å². The minimum atomic E-state index is -3.34. The first-order valence-corrected chi connectivity index (χ1v) is 11.2. The summed E-state index contributed by atoms with van der Waals surface area (Å²) in [5, 5.41) is 14.2. The topological polar surface area (TPSA) is 95.1 Å². The summed E-state index contributed by atoms with van der Waals surface area (Å²) < 4.78 is 23.3. The lowest BCUT2D eigenvalue weighted by atomic mass is 10.1. The Bertz CT molecular complexity index is 1050. The molecule has 1 aliphatic rings. The molecule has 0 spiro atoms. The van der Waals surface area contributed by atoms with Crippen molar-refractivity contribution in [3.8, 4) is 0 Å². The van der Waals surface area contributed by atoms with Gasteiger partial charge in [-0.1, -0.05) is 11.6 Å². The van der Waals surface area contributed by atoms with E-state index in [-0.39, 0.29) is 16.0 Å². The first-order chi connectivity index (χ1) is 12.8. The van der Waals surface area contributed by atoms with Gasteiger partial charge in [0.15, 0.2) is 9.84 Å². The molecule has 2 aromatic heterocycles. The predicted octanol–water partition coefficient (Wildman–Crippen LogP) is 3.20. The number of hydrogen-bond donors (Lipinski definition) is 3. The molecule has 0 bridgehead atoms. The van der Waals surface area contributed by atoms with Crippen molar-refractivity contribution in [2.24, 2.45) is 0 Å². The monoisotopic (exact) mass is 409 g/mol. The third-order valence-corrected chi connectivity index (χ3v) is 6.12. The van der Waals surface area contributed by atoms with Crippen LogP contribution in [0.5, 0.6) is 0 Å². The van der Waals surface area contributed by atoms with Crippen LogP contribution in [0.4, 0.5) is 0 Å². The minimum Gasteiger partial charge on any atom is -0.392 e. The van der Waals surface area contributed by atoms with Gasteiger partial charge in [-0.25, -0.2) is 13.4 Å². The molecular weight excluding hydrogens is 386 g/mol. The average molecular weight is 410 g/mol. The molecule has 0 radical (unpaired) electrons. The molecule has 146 valence electrons. The maximum atomic E-state index is 11.7. The zero-order valence-corrected chi connectivity index (χ0v) is 17.0. The molecule has 3 aromatic rings. The number of β-amino-alcohol motifs (C(OH)–C–C–N with tert-alkyl or cyclic N) is 1. The Balaban J connectivity index is 0.000000221. The normalized spacial score (nSPS) is 18.1. The lowest BCUT2D eigenvalue weighted by Crippen LogP contribution is -2.23. The molecule has 8 heteroatoms. The number of rotatable bonds is 1. The number of halogens is 1. The molecule has 3 N–H and O–H groups in total. The molecule has 27 heavy (non-hydrogen) atoms. The minimum absolute atomic E-state index is 0.0856. The van der Waals surface area contributed by atoms with Crippen LogP contribution in [0.25, 0.3) is 21.9 Å². The van der Waals surface area contributed by atoms with E-state index < -0.39 is 9.84 Å². The van der Waals surface area contributed by atoms with Crippen molar-refractivity contribution in [3.63, 3.8) is 0 Å². The second-order valence-electron chi connectivity index (χ2n) is 6.99. The van der Waals surface area contributed by atoms with Crippen molar-refractivity contribution in [2.45, 2.75) is 37.2 Å². The number of aliphatic hydroxyl groups is 1. The Morgan fingerprint density at radius 1 is 1.22 bits per heavy atom. The van der Waals surface area contributed by atoms with Gasteiger partial charge in [0, 0.05) is 35.3 Å². The average Bonchev–Trinajstić information content (AvgIpc) is 2.75. The molecule has 0 aliphatic carbocycles. The number of benzene rings is 1. The summed E-state index contributed by atoms with van der Waals surface area (Å²) in [5.41, 5.74) is 2.48. The Labute approximate surface area is 163 Å². The van der Waals surface area contributed by atoms with E-state index in [9.17, 15) is 8.42 Å². The number of aryl methyl sites for hydroxylation is 1. The highest BCUT2D eigenvalue weighted by Crippen LogP contribution is 2.31. The number of pyridine rings is 1. The van der Waals surface area contributed by atoms with Crippen LogP contribution in [-0.2, 0) is 9.84 Å². The van der Waals surface area contributed by atoms with Crippen molar-refractivity contribution >= 4 is 43.4 Å². The Morgan fingerprint density at radius 2 is 2.00 bits per heavy atom. The van der Waals surface area contributed by atoms with Crippen LogP contribution >= 0.6 is 11.6 Å². The second-order valence-corrected chi connectivity index (χ2v) is 9.38. The summed E-state index contributed by atoms with van der Waals surface area (Å²) in [5.74, 6) is 0. The van der Waals surface area contributed by atoms with Gasteiger partial charge in [-0.2, -0.15) is 0 Å². The van der Waals surface area contributed by atoms with E-state index in [1.54, 1.807) is 18.3 Å². The zero-order chi connectivity index (χ0) is 19.6. The maximum absolute atomic E-state index is 11.7. The first kappa shape index (κ1) is 20.1. The highest BCUT2D eigenvalue weighted by atomic mass is 35.5. The highest BCUT2D eigenvalue weighted by Gasteiger charge is 2.16. The van der Waals surface area contributed by atoms with Gasteiger partial charge in [-0.05, 0) is 56.5 Å². The molecule has 0 saturated carbocycles. The molecule has 1 saturated heterocycles. The van der Waals surface area contributed by atoms with E-state index >= 15 is 0 Å². The Kier molecular flexibility index (Phi) is 6.05. The van der Waals surface area contributed by atoms with Gasteiger partial charge in [0.1, 0.15) is 5.65 Å². The SMILES string of the molecule is Cc1cnc2[nH]c3cc(S(C)(=O)=O)c(Cl)cc3c2c1.OC1CCCCNC1. The largest absolute Gasteiger partial charge is 0.392 e. The number of nitrogens with zero attached hydrogens (tertiary/aromatic N) is 1. The number of aliphatic hydroxyl groups excluding tert-OH is 1. The summed E-state index contributed by atoms with van der Waals surface area (Å²) in [6.07, 6.45) is 6.19. The number of H-pyrrole nitrogens is 1. The van der Waals surface area contributed by atoms with Crippen LogP contribution < -0.4 is 5.32 Å². The maximum Gasteiger partial charge on any atom is 0.177 e. The van der Waals surface area contributed by atoms with Crippen molar-refractivity contribution in [2.75, 3.05) is 19.3 Å². The smallest absolute Gasteiger partial charge is 0.177 e. The Morgan fingerprint density at radius 3 is 2.74 bits per heavy atom. The molecule has 1 aromatic carbocycles. The van der Waals surface area contributed by atoms with E-state index in [0.717, 1.165) is 53.3 Å². The van der Waals surface area contributed by atoms with Crippen LogP contribution in [0.3, 0.4) is 0 Å². The van der Waals surface area contributed by atoms with Gasteiger partial charge in [-0.3, -0.25) is 0 Å². The van der Waals surface area contributed by atoms with Gasteiger partial charge in [0.05, 0.1) is 16.0 Å². The lowest BCUT2D eigenvalue weighted by Gasteiger charge is -2.03. The van der Waals surface area contributed by atoms with Crippen LogP contribution in [-0.4, -0.2) is 48.9 Å². The number of nitrogens with one attached hydrogen (secondary N) is 2. The summed E-state index contributed by atoms with van der Waals surface area (Å²) >= 11 is 6.07.